The average Bonchev–Trinajstić information content (AvgIpc) is 2.41. The van der Waals surface area contributed by atoms with Gasteiger partial charge in [-0.1, -0.05) is 6.07 Å². The standard InChI is InChI=1S/C13H16N4O/c1-9-5-6-15-13(12(9)14)17-8-10-3-4-11(18-2)16-7-10/h3-7H,8,14H2,1-2H3,(H,15,17). The van der Waals surface area contributed by atoms with Crippen molar-refractivity contribution in [2.24, 2.45) is 0 Å². The van der Waals surface area contributed by atoms with E-state index in [2.05, 4.69) is 15.3 Å². The Balaban J connectivity index is 2.04. The third-order valence-corrected chi connectivity index (χ3v) is 2.67. The summed E-state index contributed by atoms with van der Waals surface area (Å²) in [6.45, 7) is 2.58. The van der Waals surface area contributed by atoms with Crippen molar-refractivity contribution in [3.05, 3.63) is 41.7 Å². The maximum Gasteiger partial charge on any atom is 0.212 e. The van der Waals surface area contributed by atoms with Gasteiger partial charge in [-0.05, 0) is 24.1 Å². The Hall–Kier alpha value is -2.30. The number of hydrogen-bond donors (Lipinski definition) is 2. The molecule has 0 fully saturated rings. The van der Waals surface area contributed by atoms with Crippen LogP contribution in [0.4, 0.5) is 11.5 Å². The van der Waals surface area contributed by atoms with E-state index in [9.17, 15) is 0 Å². The van der Waals surface area contributed by atoms with Crippen LogP contribution in [0.2, 0.25) is 0 Å². The molecule has 0 spiro atoms. The van der Waals surface area contributed by atoms with Gasteiger partial charge in [0.15, 0.2) is 0 Å². The minimum absolute atomic E-state index is 0.604. The van der Waals surface area contributed by atoms with Crippen LogP contribution in [0.1, 0.15) is 11.1 Å². The number of ether oxygens (including phenoxy) is 1. The molecule has 0 bridgehead atoms. The van der Waals surface area contributed by atoms with Crippen molar-refractivity contribution in [2.75, 3.05) is 18.2 Å². The molecule has 0 aliphatic carbocycles. The second kappa shape index (κ2) is 5.35. The van der Waals surface area contributed by atoms with E-state index in [-0.39, 0.29) is 0 Å². The predicted octanol–water partition coefficient (Wildman–Crippen LogP) is 1.99. The highest BCUT2D eigenvalue weighted by Crippen LogP contribution is 2.19. The number of pyridine rings is 2. The van der Waals surface area contributed by atoms with Crippen LogP contribution in [0.5, 0.6) is 5.88 Å². The molecule has 5 nitrogen and oxygen atoms in total. The van der Waals surface area contributed by atoms with Crippen LogP contribution in [-0.4, -0.2) is 17.1 Å². The Morgan fingerprint density at radius 1 is 1.28 bits per heavy atom. The van der Waals surface area contributed by atoms with E-state index in [1.165, 1.54) is 0 Å². The predicted molar refractivity (Wildman–Crippen MR) is 71.5 cm³/mol. The molecule has 18 heavy (non-hydrogen) atoms. The summed E-state index contributed by atoms with van der Waals surface area (Å²) in [6.07, 6.45) is 3.50. The summed E-state index contributed by atoms with van der Waals surface area (Å²) < 4.78 is 5.00. The molecule has 0 aliphatic rings. The molecule has 2 rings (SSSR count). The summed E-state index contributed by atoms with van der Waals surface area (Å²) in [5, 5.41) is 3.19. The molecule has 0 amide bonds. The van der Waals surface area contributed by atoms with E-state index in [1.54, 1.807) is 19.5 Å². The normalized spacial score (nSPS) is 10.1. The van der Waals surface area contributed by atoms with Gasteiger partial charge in [-0.2, -0.15) is 0 Å². The van der Waals surface area contributed by atoms with E-state index >= 15 is 0 Å². The van der Waals surface area contributed by atoms with E-state index in [1.807, 2.05) is 25.1 Å². The average molecular weight is 244 g/mol. The lowest BCUT2D eigenvalue weighted by Gasteiger charge is -2.09. The Morgan fingerprint density at radius 2 is 2.11 bits per heavy atom. The van der Waals surface area contributed by atoms with E-state index in [4.69, 9.17) is 10.5 Å². The van der Waals surface area contributed by atoms with Crippen LogP contribution >= 0.6 is 0 Å². The summed E-state index contributed by atoms with van der Waals surface area (Å²) in [4.78, 5) is 8.34. The van der Waals surface area contributed by atoms with Gasteiger partial charge in [0.2, 0.25) is 5.88 Å². The number of nitrogens with two attached hydrogens (primary N) is 1. The fraction of sp³-hybridized carbons (Fsp3) is 0.231. The molecule has 3 N–H and O–H groups in total. The molecule has 0 saturated heterocycles. The highest BCUT2D eigenvalue weighted by Gasteiger charge is 2.03. The fourth-order valence-electron chi connectivity index (χ4n) is 1.53. The first-order valence-corrected chi connectivity index (χ1v) is 5.64. The van der Waals surface area contributed by atoms with Gasteiger partial charge in [-0.15, -0.1) is 0 Å². The maximum absolute atomic E-state index is 5.93. The zero-order chi connectivity index (χ0) is 13.0. The third kappa shape index (κ3) is 2.68. The fourth-order valence-corrected chi connectivity index (χ4v) is 1.53. The molecular formula is C13H16N4O. The van der Waals surface area contributed by atoms with Gasteiger partial charge < -0.3 is 15.8 Å². The number of aromatic nitrogens is 2. The van der Waals surface area contributed by atoms with Crippen LogP contribution in [0, 0.1) is 6.92 Å². The molecule has 2 heterocycles. The van der Waals surface area contributed by atoms with Crippen LogP contribution in [-0.2, 0) is 6.54 Å². The maximum atomic E-state index is 5.93. The number of aryl methyl sites for hydroxylation is 1. The van der Waals surface area contributed by atoms with Crippen LogP contribution in [0.3, 0.4) is 0 Å². The minimum atomic E-state index is 0.604. The number of nitrogens with zero attached hydrogens (tertiary/aromatic N) is 2. The zero-order valence-corrected chi connectivity index (χ0v) is 10.5. The SMILES string of the molecule is COc1ccc(CNc2nccc(C)c2N)cn1. The van der Waals surface area contributed by atoms with Crippen molar-refractivity contribution in [3.63, 3.8) is 0 Å². The first-order valence-electron chi connectivity index (χ1n) is 5.64. The van der Waals surface area contributed by atoms with Crippen molar-refractivity contribution in [1.82, 2.24) is 9.97 Å². The van der Waals surface area contributed by atoms with Gasteiger partial charge in [-0.25, -0.2) is 9.97 Å². The second-order valence-corrected chi connectivity index (χ2v) is 3.95. The number of nitrogens with one attached hydrogen (secondary N) is 1. The summed E-state index contributed by atoms with van der Waals surface area (Å²) in [5.41, 5.74) is 8.67. The van der Waals surface area contributed by atoms with Gasteiger partial charge >= 0.3 is 0 Å². The lowest BCUT2D eigenvalue weighted by Crippen LogP contribution is -2.05. The Bertz CT molecular complexity index is 525. The van der Waals surface area contributed by atoms with Crippen LogP contribution in [0.15, 0.2) is 30.6 Å². The van der Waals surface area contributed by atoms with Crippen molar-refractivity contribution in [2.45, 2.75) is 13.5 Å². The summed E-state index contributed by atoms with van der Waals surface area (Å²) >= 11 is 0. The van der Waals surface area contributed by atoms with Crippen LogP contribution < -0.4 is 15.8 Å². The van der Waals surface area contributed by atoms with Crippen molar-refractivity contribution < 1.29 is 4.74 Å². The first kappa shape index (κ1) is 12.2. The molecule has 0 aromatic carbocycles. The van der Waals surface area contributed by atoms with Gasteiger partial charge in [-0.3, -0.25) is 0 Å². The second-order valence-electron chi connectivity index (χ2n) is 3.95. The Morgan fingerprint density at radius 3 is 2.78 bits per heavy atom. The van der Waals surface area contributed by atoms with Gasteiger partial charge in [0.05, 0.1) is 12.8 Å². The molecule has 0 atom stereocenters. The van der Waals surface area contributed by atoms with Gasteiger partial charge in [0.25, 0.3) is 0 Å². The molecule has 94 valence electrons. The summed E-state index contributed by atoms with van der Waals surface area (Å²) in [6, 6.07) is 5.66. The number of hydrogen-bond acceptors (Lipinski definition) is 5. The zero-order valence-electron chi connectivity index (χ0n) is 10.5. The number of rotatable bonds is 4. The quantitative estimate of drug-likeness (QED) is 0.860. The lowest BCUT2D eigenvalue weighted by molar-refractivity contribution is 0.397. The molecule has 0 saturated carbocycles. The topological polar surface area (TPSA) is 73.1 Å². The number of methoxy groups -OCH3 is 1. The van der Waals surface area contributed by atoms with Crippen molar-refractivity contribution in [3.8, 4) is 5.88 Å². The Kier molecular flexibility index (Phi) is 3.62. The van der Waals surface area contributed by atoms with Crippen molar-refractivity contribution >= 4 is 11.5 Å². The molecule has 0 radical (unpaired) electrons. The molecule has 0 aliphatic heterocycles. The third-order valence-electron chi connectivity index (χ3n) is 2.67. The number of anilines is 2. The first-order chi connectivity index (χ1) is 8.70. The number of nitrogen functional groups attached to an aromatic ring is 1. The smallest absolute Gasteiger partial charge is 0.212 e. The monoisotopic (exact) mass is 244 g/mol. The van der Waals surface area contributed by atoms with E-state index in [0.29, 0.717) is 23.9 Å². The van der Waals surface area contributed by atoms with Gasteiger partial charge in [0, 0.05) is 25.0 Å². The van der Waals surface area contributed by atoms with E-state index < -0.39 is 0 Å². The van der Waals surface area contributed by atoms with Crippen molar-refractivity contribution in [1.29, 1.82) is 0 Å². The molecule has 5 heteroatoms. The van der Waals surface area contributed by atoms with Gasteiger partial charge in [0.1, 0.15) is 5.82 Å². The largest absolute Gasteiger partial charge is 0.481 e. The van der Waals surface area contributed by atoms with E-state index in [0.717, 1.165) is 11.1 Å². The molecule has 2 aromatic heterocycles. The highest BCUT2D eigenvalue weighted by molar-refractivity contribution is 5.64. The summed E-state index contributed by atoms with van der Waals surface area (Å²) in [7, 11) is 1.59. The highest BCUT2D eigenvalue weighted by atomic mass is 16.5. The molecule has 2 aromatic rings. The van der Waals surface area contributed by atoms with Crippen LogP contribution in [0.25, 0.3) is 0 Å². The lowest BCUT2D eigenvalue weighted by atomic mass is 10.2. The summed E-state index contributed by atoms with van der Waals surface area (Å²) in [5.74, 6) is 1.30. The Labute approximate surface area is 106 Å². The molecule has 0 unspecified atom stereocenters. The minimum Gasteiger partial charge on any atom is -0.481 e. The molecular weight excluding hydrogens is 228 g/mol.